The summed E-state index contributed by atoms with van der Waals surface area (Å²) in [5, 5.41) is 2.39. The zero-order valence-corrected chi connectivity index (χ0v) is 14.6. The fourth-order valence-corrected chi connectivity index (χ4v) is 1.81. The molecule has 0 saturated carbocycles. The summed E-state index contributed by atoms with van der Waals surface area (Å²) in [6.07, 6.45) is -0.889. The zero-order valence-electron chi connectivity index (χ0n) is 12.3. The summed E-state index contributed by atoms with van der Waals surface area (Å²) in [7, 11) is 1.23. The van der Waals surface area contributed by atoms with Gasteiger partial charge >= 0.3 is 12.1 Å². The van der Waals surface area contributed by atoms with Crippen LogP contribution in [0.2, 0.25) is 0 Å². The van der Waals surface area contributed by atoms with Crippen LogP contribution in [0.5, 0.6) is 0 Å². The minimum Gasteiger partial charge on any atom is -0.467 e. The molecule has 1 rings (SSSR count). The number of hydrogen-bond acceptors (Lipinski definition) is 4. The van der Waals surface area contributed by atoms with Crippen LogP contribution in [0.3, 0.4) is 0 Å². The Balaban J connectivity index is 2.87. The van der Waals surface area contributed by atoms with Crippen molar-refractivity contribution in [1.82, 2.24) is 5.32 Å². The lowest BCUT2D eigenvalue weighted by Gasteiger charge is -2.19. The summed E-state index contributed by atoms with van der Waals surface area (Å²) in [5.74, 6) is -0.630. The molecule has 0 fully saturated rings. The number of nitrogens with one attached hydrogen (secondary N) is 1. The molecule has 0 aromatic heterocycles. The first kappa shape index (κ1) is 18.9. The molecule has 0 radical (unpaired) electrons. The lowest BCUT2D eigenvalue weighted by molar-refractivity contribution is -0.143. The van der Waals surface area contributed by atoms with Gasteiger partial charge in [0, 0.05) is 0 Å². The van der Waals surface area contributed by atoms with Gasteiger partial charge in [0.05, 0.1) is 7.11 Å². The highest BCUT2D eigenvalue weighted by molar-refractivity contribution is 6.67. The number of carbonyl (C=O) groups excluding carboxylic acids is 2. The molecule has 8 heteroatoms. The number of alkyl carbamates (subject to hydrolysis) is 1. The molecule has 1 aromatic carbocycles. The van der Waals surface area contributed by atoms with E-state index in [1.165, 1.54) is 7.11 Å². The van der Waals surface area contributed by atoms with Crippen LogP contribution in [-0.2, 0) is 14.3 Å². The molecular formula is C14H16Cl3NO4. The smallest absolute Gasteiger partial charge is 0.408 e. The summed E-state index contributed by atoms with van der Waals surface area (Å²) in [5.41, 5.74) is 2.61. The van der Waals surface area contributed by atoms with Gasteiger partial charge < -0.3 is 14.8 Å². The molecule has 22 heavy (non-hydrogen) atoms. The third kappa shape index (κ3) is 5.91. The zero-order chi connectivity index (χ0) is 16.9. The molecule has 1 amide bonds. The third-order valence-electron chi connectivity index (χ3n) is 2.93. The highest BCUT2D eigenvalue weighted by Crippen LogP contribution is 2.26. The molecule has 0 bridgehead atoms. The van der Waals surface area contributed by atoms with Gasteiger partial charge in [-0.15, -0.1) is 0 Å². The number of amides is 1. The van der Waals surface area contributed by atoms with Crippen molar-refractivity contribution in [3.8, 4) is 0 Å². The molecule has 5 nitrogen and oxygen atoms in total. The number of esters is 1. The first-order chi connectivity index (χ1) is 10.1. The Hall–Kier alpha value is -1.17. The molecule has 122 valence electrons. The Morgan fingerprint density at radius 3 is 2.36 bits per heavy atom. The van der Waals surface area contributed by atoms with Crippen LogP contribution in [0.1, 0.15) is 22.7 Å². The maximum absolute atomic E-state index is 11.9. The Kier molecular flexibility index (Phi) is 6.78. The van der Waals surface area contributed by atoms with Crippen LogP contribution in [-0.4, -0.2) is 29.6 Å². The van der Waals surface area contributed by atoms with E-state index in [0.29, 0.717) is 5.56 Å². The highest BCUT2D eigenvalue weighted by Gasteiger charge is 2.27. The number of ether oxygens (including phenoxy) is 2. The first-order valence-electron chi connectivity index (χ1n) is 6.29. The highest BCUT2D eigenvalue weighted by atomic mass is 35.6. The Bertz CT molecular complexity index is 558. The van der Waals surface area contributed by atoms with E-state index in [4.69, 9.17) is 44.3 Å². The molecule has 1 N–H and O–H groups in total. The van der Waals surface area contributed by atoms with Gasteiger partial charge in [-0.1, -0.05) is 53.0 Å². The van der Waals surface area contributed by atoms with Crippen molar-refractivity contribution in [2.75, 3.05) is 13.7 Å². The van der Waals surface area contributed by atoms with E-state index in [2.05, 4.69) is 5.32 Å². The van der Waals surface area contributed by atoms with Gasteiger partial charge in [-0.2, -0.15) is 0 Å². The maximum atomic E-state index is 11.9. The van der Waals surface area contributed by atoms with Crippen LogP contribution < -0.4 is 5.32 Å². The van der Waals surface area contributed by atoms with Gasteiger partial charge in [0.25, 0.3) is 0 Å². The van der Waals surface area contributed by atoms with Gasteiger partial charge in [0.15, 0.2) is 6.04 Å². The molecule has 0 spiro atoms. The summed E-state index contributed by atoms with van der Waals surface area (Å²) in [6, 6.07) is 4.34. The van der Waals surface area contributed by atoms with E-state index in [0.717, 1.165) is 11.1 Å². The van der Waals surface area contributed by atoms with Crippen molar-refractivity contribution in [2.45, 2.75) is 23.7 Å². The number of rotatable bonds is 4. The molecule has 1 unspecified atom stereocenters. The van der Waals surface area contributed by atoms with Gasteiger partial charge in [0.2, 0.25) is 3.79 Å². The lowest BCUT2D eigenvalue weighted by atomic mass is 10.0. The van der Waals surface area contributed by atoms with Crippen molar-refractivity contribution >= 4 is 46.9 Å². The normalized spacial score (nSPS) is 12.5. The largest absolute Gasteiger partial charge is 0.467 e. The number of carbonyl (C=O) groups is 2. The van der Waals surface area contributed by atoms with Gasteiger partial charge in [0.1, 0.15) is 6.61 Å². The number of benzene rings is 1. The Morgan fingerprint density at radius 1 is 1.23 bits per heavy atom. The number of hydrogen-bond donors (Lipinski definition) is 1. The second kappa shape index (κ2) is 7.90. The van der Waals surface area contributed by atoms with Crippen molar-refractivity contribution in [3.05, 3.63) is 34.9 Å². The summed E-state index contributed by atoms with van der Waals surface area (Å²) in [4.78, 5) is 23.6. The second-order valence-electron chi connectivity index (χ2n) is 4.64. The minimum absolute atomic E-state index is 0.440. The first-order valence-corrected chi connectivity index (χ1v) is 7.42. The molecule has 0 heterocycles. The maximum Gasteiger partial charge on any atom is 0.408 e. The molecule has 0 aliphatic rings. The predicted octanol–water partition coefficient (Wildman–Crippen LogP) is 3.61. The van der Waals surface area contributed by atoms with E-state index in [1.807, 2.05) is 19.9 Å². The number of alkyl halides is 3. The minimum atomic E-state index is -1.72. The Labute approximate surface area is 143 Å². The molecule has 0 saturated heterocycles. The van der Waals surface area contributed by atoms with Crippen molar-refractivity contribution < 1.29 is 19.1 Å². The predicted molar refractivity (Wildman–Crippen MR) is 85.4 cm³/mol. The van der Waals surface area contributed by atoms with Crippen LogP contribution in [0.15, 0.2) is 18.2 Å². The number of halogens is 3. The topological polar surface area (TPSA) is 64.6 Å². The number of aryl methyl sites for hydroxylation is 2. The SMILES string of the molecule is COC(=O)C(NC(=O)OCC(Cl)(Cl)Cl)c1ccc(C)c(C)c1. The van der Waals surface area contributed by atoms with Gasteiger partial charge in [-0.3, -0.25) is 0 Å². The van der Waals surface area contributed by atoms with Crippen LogP contribution in [0, 0.1) is 13.8 Å². The van der Waals surface area contributed by atoms with Crippen LogP contribution in [0.4, 0.5) is 4.79 Å². The molecular weight excluding hydrogens is 353 g/mol. The monoisotopic (exact) mass is 367 g/mol. The fourth-order valence-electron chi connectivity index (χ4n) is 1.65. The Morgan fingerprint density at radius 2 is 1.86 bits per heavy atom. The lowest BCUT2D eigenvalue weighted by Crippen LogP contribution is -2.36. The van der Waals surface area contributed by atoms with Crippen molar-refractivity contribution in [2.24, 2.45) is 0 Å². The molecule has 1 aromatic rings. The quantitative estimate of drug-likeness (QED) is 0.651. The van der Waals surface area contributed by atoms with Gasteiger partial charge in [-0.05, 0) is 30.5 Å². The number of methoxy groups -OCH3 is 1. The van der Waals surface area contributed by atoms with Crippen LogP contribution >= 0.6 is 34.8 Å². The fraction of sp³-hybridized carbons (Fsp3) is 0.429. The molecule has 0 aliphatic heterocycles. The van der Waals surface area contributed by atoms with E-state index in [9.17, 15) is 9.59 Å². The summed E-state index contributed by atoms with van der Waals surface area (Å²) in [6.45, 7) is 3.40. The average Bonchev–Trinajstić information content (AvgIpc) is 2.44. The third-order valence-corrected chi connectivity index (χ3v) is 3.26. The van der Waals surface area contributed by atoms with E-state index in [-0.39, 0.29) is 0 Å². The summed E-state index contributed by atoms with van der Waals surface area (Å²) < 4.78 is 7.73. The van der Waals surface area contributed by atoms with E-state index >= 15 is 0 Å². The molecule has 1 atom stereocenters. The molecule has 0 aliphatic carbocycles. The second-order valence-corrected chi connectivity index (χ2v) is 7.15. The van der Waals surface area contributed by atoms with Gasteiger partial charge in [-0.25, -0.2) is 9.59 Å². The van der Waals surface area contributed by atoms with E-state index < -0.39 is 28.5 Å². The van der Waals surface area contributed by atoms with Crippen molar-refractivity contribution in [3.63, 3.8) is 0 Å². The summed E-state index contributed by atoms with van der Waals surface area (Å²) >= 11 is 16.5. The average molecular weight is 369 g/mol. The standard InChI is InChI=1S/C14H16Cl3NO4/c1-8-4-5-10(6-9(8)2)11(12(19)21-3)18-13(20)22-7-14(15,16)17/h4-6,11H,7H2,1-3H3,(H,18,20). The van der Waals surface area contributed by atoms with Crippen molar-refractivity contribution in [1.29, 1.82) is 0 Å². The van der Waals surface area contributed by atoms with Crippen LogP contribution in [0.25, 0.3) is 0 Å². The van der Waals surface area contributed by atoms with E-state index in [1.54, 1.807) is 12.1 Å².